The summed E-state index contributed by atoms with van der Waals surface area (Å²) in [6, 6.07) is 22.7. The quantitative estimate of drug-likeness (QED) is 0.632. The molecule has 1 aliphatic heterocycles. The van der Waals surface area contributed by atoms with E-state index < -0.39 is 0 Å². The van der Waals surface area contributed by atoms with Gasteiger partial charge in [0.2, 0.25) is 0 Å². The minimum Gasteiger partial charge on any atom is -0.374 e. The summed E-state index contributed by atoms with van der Waals surface area (Å²) in [5, 5.41) is 0. The molecule has 2 aromatic carbocycles. The predicted molar refractivity (Wildman–Crippen MR) is 103 cm³/mol. The maximum Gasteiger partial charge on any atom is 0.0616 e. The minimum atomic E-state index is -0.0234. The van der Waals surface area contributed by atoms with Crippen LogP contribution in [-0.2, 0) is 5.41 Å². The number of nitrogens with zero attached hydrogens (tertiary/aromatic N) is 1. The molecule has 3 rings (SSSR count). The van der Waals surface area contributed by atoms with Crippen molar-refractivity contribution in [3.63, 3.8) is 0 Å². The normalized spacial score (nSPS) is 21.4. The van der Waals surface area contributed by atoms with Gasteiger partial charge in [-0.05, 0) is 30.9 Å². The van der Waals surface area contributed by atoms with Crippen LogP contribution in [0.4, 0.5) is 0 Å². The molecule has 1 saturated heterocycles. The molecule has 1 atom stereocenters. The molecular weight excluding hydrogens is 290 g/mol. The molecule has 0 radical (unpaired) electrons. The molecule has 126 valence electrons. The van der Waals surface area contributed by atoms with Crippen LogP contribution < -0.4 is 0 Å². The molecule has 0 aromatic heterocycles. The Labute approximate surface area is 147 Å². The number of likely N-dealkylation sites (N-methyl/N-ethyl adjacent to an activating group) is 1. The van der Waals surface area contributed by atoms with Crippen LogP contribution in [-0.4, -0.2) is 18.0 Å². The Balaban J connectivity index is 2.18. The largest absolute Gasteiger partial charge is 0.374 e. The fraction of sp³-hybridized carbons (Fsp3) is 0.391. The number of hydrogen-bond donors (Lipinski definition) is 0. The van der Waals surface area contributed by atoms with Crippen LogP contribution in [0.15, 0.2) is 72.4 Å². The lowest BCUT2D eigenvalue weighted by Crippen LogP contribution is -2.29. The molecule has 1 heterocycles. The van der Waals surface area contributed by atoms with Gasteiger partial charge in [0.05, 0.1) is 5.41 Å². The molecule has 1 aliphatic rings. The van der Waals surface area contributed by atoms with Crippen LogP contribution >= 0.6 is 0 Å². The summed E-state index contributed by atoms with van der Waals surface area (Å²) in [6.45, 7) is 4.61. The summed E-state index contributed by atoms with van der Waals surface area (Å²) in [5.74, 6) is 0. The van der Waals surface area contributed by atoms with Crippen molar-refractivity contribution in [1.82, 2.24) is 4.90 Å². The molecule has 0 bridgehead atoms. The Morgan fingerprint density at radius 3 is 2.04 bits per heavy atom. The third-order valence-corrected chi connectivity index (χ3v) is 5.51. The lowest BCUT2D eigenvalue weighted by molar-refractivity contribution is 0.374. The SMILES string of the molecule is CCCCC=C1N(C)C(C)CC1(c1ccccc1)c1ccccc1. The summed E-state index contributed by atoms with van der Waals surface area (Å²) in [4.78, 5) is 2.50. The molecule has 0 aliphatic carbocycles. The first kappa shape index (κ1) is 16.8. The van der Waals surface area contributed by atoms with Crippen LogP contribution in [0.25, 0.3) is 0 Å². The molecule has 2 aromatic rings. The summed E-state index contributed by atoms with van der Waals surface area (Å²) in [7, 11) is 2.26. The van der Waals surface area contributed by atoms with E-state index in [2.05, 4.69) is 92.5 Å². The second-order valence-electron chi connectivity index (χ2n) is 7.03. The maximum absolute atomic E-state index is 2.50. The Hall–Kier alpha value is -2.02. The van der Waals surface area contributed by atoms with Crippen molar-refractivity contribution in [1.29, 1.82) is 0 Å². The third kappa shape index (κ3) is 2.88. The first-order valence-corrected chi connectivity index (χ1v) is 9.24. The minimum absolute atomic E-state index is 0.0234. The third-order valence-electron chi connectivity index (χ3n) is 5.51. The van der Waals surface area contributed by atoms with Crippen molar-refractivity contribution in [3.05, 3.63) is 83.6 Å². The van der Waals surface area contributed by atoms with E-state index in [4.69, 9.17) is 0 Å². The average Bonchev–Trinajstić information content (AvgIpc) is 2.89. The number of unbranched alkanes of at least 4 members (excludes halogenated alkanes) is 2. The van der Waals surface area contributed by atoms with Crippen molar-refractivity contribution in [2.24, 2.45) is 0 Å². The molecule has 0 spiro atoms. The summed E-state index contributed by atoms with van der Waals surface area (Å²) in [6.07, 6.45) is 7.28. The topological polar surface area (TPSA) is 3.24 Å². The highest BCUT2D eigenvalue weighted by molar-refractivity contribution is 5.50. The second kappa shape index (κ2) is 7.25. The Morgan fingerprint density at radius 2 is 1.54 bits per heavy atom. The van der Waals surface area contributed by atoms with E-state index >= 15 is 0 Å². The van der Waals surface area contributed by atoms with Crippen molar-refractivity contribution in [3.8, 4) is 0 Å². The van der Waals surface area contributed by atoms with Crippen molar-refractivity contribution in [2.75, 3.05) is 7.05 Å². The van der Waals surface area contributed by atoms with Gasteiger partial charge in [-0.15, -0.1) is 0 Å². The van der Waals surface area contributed by atoms with Crippen molar-refractivity contribution < 1.29 is 0 Å². The van der Waals surface area contributed by atoms with Crippen molar-refractivity contribution >= 4 is 0 Å². The molecule has 0 saturated carbocycles. The van der Waals surface area contributed by atoms with Crippen molar-refractivity contribution in [2.45, 2.75) is 51.0 Å². The standard InChI is InChI=1S/C23H29N/c1-4-5-8-17-22-23(18-19(2)24(22)3,20-13-9-6-10-14-20)21-15-11-7-12-16-21/h6-7,9-17,19H,4-5,8,18H2,1-3H3. The van der Waals surface area contributed by atoms with Gasteiger partial charge in [0, 0.05) is 18.8 Å². The lowest BCUT2D eigenvalue weighted by Gasteiger charge is -2.33. The Morgan fingerprint density at radius 1 is 1.00 bits per heavy atom. The monoisotopic (exact) mass is 319 g/mol. The Kier molecular flexibility index (Phi) is 5.08. The Bertz CT molecular complexity index is 632. The molecule has 1 heteroatoms. The first-order chi connectivity index (χ1) is 11.7. The molecule has 1 nitrogen and oxygen atoms in total. The van der Waals surface area contributed by atoms with E-state index in [1.807, 2.05) is 0 Å². The smallest absolute Gasteiger partial charge is 0.0616 e. The highest BCUT2D eigenvalue weighted by Gasteiger charge is 2.47. The zero-order chi connectivity index (χ0) is 17.0. The van der Waals surface area contributed by atoms with E-state index in [1.165, 1.54) is 29.7 Å². The van der Waals surface area contributed by atoms with Gasteiger partial charge in [-0.3, -0.25) is 0 Å². The van der Waals surface area contributed by atoms with E-state index in [1.54, 1.807) is 0 Å². The van der Waals surface area contributed by atoms with Crippen LogP contribution in [0.3, 0.4) is 0 Å². The number of hydrogen-bond acceptors (Lipinski definition) is 1. The van der Waals surface area contributed by atoms with Crippen LogP contribution in [0.1, 0.15) is 50.7 Å². The zero-order valence-corrected chi connectivity index (χ0v) is 15.2. The van der Waals surface area contributed by atoms with Crippen LogP contribution in [0, 0.1) is 0 Å². The van der Waals surface area contributed by atoms with E-state index in [0.717, 1.165) is 12.8 Å². The maximum atomic E-state index is 2.50. The molecular formula is C23H29N. The average molecular weight is 319 g/mol. The second-order valence-corrected chi connectivity index (χ2v) is 7.03. The van der Waals surface area contributed by atoms with Gasteiger partial charge in [0.1, 0.15) is 0 Å². The van der Waals surface area contributed by atoms with E-state index in [-0.39, 0.29) is 5.41 Å². The van der Waals surface area contributed by atoms with Gasteiger partial charge < -0.3 is 4.90 Å². The van der Waals surface area contributed by atoms with Gasteiger partial charge in [0.15, 0.2) is 0 Å². The number of benzene rings is 2. The lowest BCUT2D eigenvalue weighted by atomic mass is 9.70. The molecule has 1 unspecified atom stereocenters. The number of allylic oxidation sites excluding steroid dienone is 2. The fourth-order valence-corrected chi connectivity index (χ4v) is 4.13. The van der Waals surface area contributed by atoms with Gasteiger partial charge in [-0.25, -0.2) is 0 Å². The molecule has 24 heavy (non-hydrogen) atoms. The van der Waals surface area contributed by atoms with Gasteiger partial charge in [-0.2, -0.15) is 0 Å². The fourth-order valence-electron chi connectivity index (χ4n) is 4.13. The van der Waals surface area contributed by atoms with Gasteiger partial charge >= 0.3 is 0 Å². The van der Waals surface area contributed by atoms with E-state index in [9.17, 15) is 0 Å². The zero-order valence-electron chi connectivity index (χ0n) is 15.2. The first-order valence-electron chi connectivity index (χ1n) is 9.24. The summed E-state index contributed by atoms with van der Waals surface area (Å²) >= 11 is 0. The summed E-state index contributed by atoms with van der Waals surface area (Å²) < 4.78 is 0. The highest BCUT2D eigenvalue weighted by Crippen LogP contribution is 2.50. The summed E-state index contributed by atoms with van der Waals surface area (Å²) in [5.41, 5.74) is 4.27. The highest BCUT2D eigenvalue weighted by atomic mass is 15.2. The van der Waals surface area contributed by atoms with Crippen LogP contribution in [0.2, 0.25) is 0 Å². The van der Waals surface area contributed by atoms with E-state index in [0.29, 0.717) is 6.04 Å². The molecule has 0 N–H and O–H groups in total. The molecule has 1 fully saturated rings. The number of likely N-dealkylation sites (tertiary alicyclic amines) is 1. The van der Waals surface area contributed by atoms with Crippen LogP contribution in [0.5, 0.6) is 0 Å². The predicted octanol–water partition coefficient (Wildman–Crippen LogP) is 5.77. The molecule has 0 amide bonds. The van der Waals surface area contributed by atoms with Gasteiger partial charge in [0.25, 0.3) is 0 Å². The van der Waals surface area contributed by atoms with Gasteiger partial charge in [-0.1, -0.05) is 86.5 Å². The number of rotatable bonds is 5.